The minimum Gasteiger partial charge on any atom is -0.494 e. The van der Waals surface area contributed by atoms with E-state index in [1.54, 1.807) is 0 Å². The summed E-state index contributed by atoms with van der Waals surface area (Å²) in [6, 6.07) is 37.4. The highest BCUT2D eigenvalue weighted by Crippen LogP contribution is 2.29. The molecular weight excluding hydrogens is 458 g/mol. The van der Waals surface area contributed by atoms with Gasteiger partial charge in [0, 0.05) is 22.4 Å². The van der Waals surface area contributed by atoms with Gasteiger partial charge in [0.05, 0.1) is 23.7 Å². The SMILES string of the molecule is CCCCOc1ccc(NC(=O)c2ccc(-n3nc(-c4ccccc4)cc3-c3ccccc3)cc2)cc1. The molecule has 1 amide bonds. The van der Waals surface area contributed by atoms with E-state index in [2.05, 4.69) is 42.6 Å². The molecule has 5 aromatic rings. The number of carbonyl (C=O) groups excluding carboxylic acids is 1. The Labute approximate surface area is 217 Å². The number of benzene rings is 4. The fraction of sp³-hybridized carbons (Fsp3) is 0.125. The van der Waals surface area contributed by atoms with Crippen molar-refractivity contribution in [3.8, 4) is 34.0 Å². The maximum Gasteiger partial charge on any atom is 0.255 e. The van der Waals surface area contributed by atoms with Crippen molar-refractivity contribution >= 4 is 11.6 Å². The zero-order chi connectivity index (χ0) is 25.5. The first-order valence-electron chi connectivity index (χ1n) is 12.6. The monoisotopic (exact) mass is 487 g/mol. The lowest BCUT2D eigenvalue weighted by Gasteiger charge is -2.10. The van der Waals surface area contributed by atoms with Crippen LogP contribution in [0.15, 0.2) is 115 Å². The molecule has 0 radical (unpaired) electrons. The number of nitrogens with zero attached hydrogens (tertiary/aromatic N) is 2. The first-order chi connectivity index (χ1) is 18.2. The number of aromatic nitrogens is 2. The van der Waals surface area contributed by atoms with E-state index in [4.69, 9.17) is 9.84 Å². The van der Waals surface area contributed by atoms with Crippen LogP contribution in [-0.2, 0) is 0 Å². The van der Waals surface area contributed by atoms with Crippen molar-refractivity contribution in [1.29, 1.82) is 0 Å². The van der Waals surface area contributed by atoms with Gasteiger partial charge in [-0.2, -0.15) is 5.10 Å². The van der Waals surface area contributed by atoms with Crippen LogP contribution in [0, 0.1) is 0 Å². The summed E-state index contributed by atoms with van der Waals surface area (Å²) in [6.07, 6.45) is 2.11. The molecule has 0 fully saturated rings. The van der Waals surface area contributed by atoms with E-state index in [1.165, 1.54) is 0 Å². The second-order valence-electron chi connectivity index (χ2n) is 8.79. The van der Waals surface area contributed by atoms with E-state index in [0.29, 0.717) is 12.2 Å². The minimum absolute atomic E-state index is 0.167. The lowest BCUT2D eigenvalue weighted by atomic mass is 10.1. The Balaban J connectivity index is 1.36. The zero-order valence-electron chi connectivity index (χ0n) is 20.8. The van der Waals surface area contributed by atoms with Gasteiger partial charge in [0.25, 0.3) is 5.91 Å². The Kier molecular flexibility index (Phi) is 7.42. The molecule has 1 N–H and O–H groups in total. The van der Waals surface area contributed by atoms with Gasteiger partial charge in [-0.15, -0.1) is 0 Å². The Morgan fingerprint density at radius 3 is 2.11 bits per heavy atom. The van der Waals surface area contributed by atoms with Gasteiger partial charge >= 0.3 is 0 Å². The predicted octanol–water partition coefficient (Wildman–Crippen LogP) is 7.64. The van der Waals surface area contributed by atoms with E-state index in [-0.39, 0.29) is 5.91 Å². The van der Waals surface area contributed by atoms with E-state index in [1.807, 2.05) is 89.6 Å². The summed E-state index contributed by atoms with van der Waals surface area (Å²) in [5, 5.41) is 7.87. The minimum atomic E-state index is -0.167. The summed E-state index contributed by atoms with van der Waals surface area (Å²) < 4.78 is 7.62. The molecule has 0 aliphatic carbocycles. The van der Waals surface area contributed by atoms with Gasteiger partial charge in [0.1, 0.15) is 5.75 Å². The molecule has 0 saturated carbocycles. The third kappa shape index (κ3) is 5.78. The summed E-state index contributed by atoms with van der Waals surface area (Å²) >= 11 is 0. The maximum absolute atomic E-state index is 12.9. The number of ether oxygens (including phenoxy) is 1. The van der Waals surface area contributed by atoms with Crippen molar-refractivity contribution < 1.29 is 9.53 Å². The van der Waals surface area contributed by atoms with Crippen molar-refractivity contribution in [3.05, 3.63) is 121 Å². The standard InChI is InChI=1S/C32H29N3O2/c1-2-3-22-37-29-20-16-27(17-21-29)33-32(36)26-14-18-28(19-15-26)35-31(25-12-8-5-9-13-25)23-30(34-35)24-10-6-4-7-11-24/h4-21,23H,2-3,22H2,1H3,(H,33,36). The number of nitrogens with one attached hydrogen (secondary N) is 1. The number of anilines is 1. The molecule has 1 heterocycles. The van der Waals surface area contributed by atoms with Crippen molar-refractivity contribution in [2.75, 3.05) is 11.9 Å². The van der Waals surface area contributed by atoms with E-state index in [0.717, 1.165) is 52.5 Å². The number of hydrogen-bond donors (Lipinski definition) is 1. The smallest absolute Gasteiger partial charge is 0.255 e. The Hall–Kier alpha value is -4.64. The second-order valence-corrected chi connectivity index (χ2v) is 8.79. The van der Waals surface area contributed by atoms with Gasteiger partial charge in [-0.3, -0.25) is 4.79 Å². The van der Waals surface area contributed by atoms with E-state index in [9.17, 15) is 4.79 Å². The highest BCUT2D eigenvalue weighted by atomic mass is 16.5. The number of rotatable bonds is 9. The van der Waals surface area contributed by atoms with Crippen LogP contribution >= 0.6 is 0 Å². The number of unbranched alkanes of at least 4 members (excludes halogenated alkanes) is 1. The van der Waals surface area contributed by atoms with Crippen LogP contribution in [0.1, 0.15) is 30.1 Å². The largest absolute Gasteiger partial charge is 0.494 e. The third-order valence-corrected chi connectivity index (χ3v) is 6.10. The highest BCUT2D eigenvalue weighted by Gasteiger charge is 2.14. The number of hydrogen-bond acceptors (Lipinski definition) is 3. The lowest BCUT2D eigenvalue weighted by molar-refractivity contribution is 0.102. The molecule has 0 unspecified atom stereocenters. The molecule has 184 valence electrons. The molecule has 5 rings (SSSR count). The third-order valence-electron chi connectivity index (χ3n) is 6.10. The van der Waals surface area contributed by atoms with Crippen molar-refractivity contribution in [2.45, 2.75) is 19.8 Å². The molecule has 0 atom stereocenters. The molecule has 0 saturated heterocycles. The first kappa shape index (κ1) is 24.1. The van der Waals surface area contributed by atoms with Gasteiger partial charge in [-0.25, -0.2) is 4.68 Å². The number of amides is 1. The average Bonchev–Trinajstić information content (AvgIpc) is 3.41. The van der Waals surface area contributed by atoms with Gasteiger partial charge in [-0.1, -0.05) is 74.0 Å². The second kappa shape index (κ2) is 11.4. The van der Waals surface area contributed by atoms with Gasteiger partial charge in [0.15, 0.2) is 0 Å². The van der Waals surface area contributed by atoms with Crippen molar-refractivity contribution in [3.63, 3.8) is 0 Å². The van der Waals surface area contributed by atoms with Gasteiger partial charge in [0.2, 0.25) is 0 Å². The maximum atomic E-state index is 12.9. The molecule has 5 heteroatoms. The van der Waals surface area contributed by atoms with Crippen LogP contribution < -0.4 is 10.1 Å². The van der Waals surface area contributed by atoms with Crippen molar-refractivity contribution in [1.82, 2.24) is 9.78 Å². The van der Waals surface area contributed by atoms with E-state index < -0.39 is 0 Å². The molecule has 0 aliphatic rings. The average molecular weight is 488 g/mol. The van der Waals surface area contributed by atoms with Crippen LogP contribution in [0.2, 0.25) is 0 Å². The molecule has 0 bridgehead atoms. The van der Waals surface area contributed by atoms with Gasteiger partial charge in [-0.05, 0) is 61.0 Å². The molecule has 37 heavy (non-hydrogen) atoms. The van der Waals surface area contributed by atoms with Crippen LogP contribution in [-0.4, -0.2) is 22.3 Å². The normalized spacial score (nSPS) is 10.7. The Morgan fingerprint density at radius 2 is 1.46 bits per heavy atom. The molecule has 0 spiro atoms. The Morgan fingerprint density at radius 1 is 0.811 bits per heavy atom. The summed E-state index contributed by atoms with van der Waals surface area (Å²) in [5.41, 5.74) is 6.18. The van der Waals surface area contributed by atoms with Crippen LogP contribution in [0.4, 0.5) is 5.69 Å². The quantitative estimate of drug-likeness (QED) is 0.217. The molecule has 1 aromatic heterocycles. The van der Waals surface area contributed by atoms with Gasteiger partial charge < -0.3 is 10.1 Å². The lowest BCUT2D eigenvalue weighted by Crippen LogP contribution is -2.12. The first-order valence-corrected chi connectivity index (χ1v) is 12.6. The summed E-state index contributed by atoms with van der Waals surface area (Å²) in [7, 11) is 0. The zero-order valence-corrected chi connectivity index (χ0v) is 20.8. The molecule has 4 aromatic carbocycles. The summed E-state index contributed by atoms with van der Waals surface area (Å²) in [4.78, 5) is 12.9. The molecule has 0 aliphatic heterocycles. The van der Waals surface area contributed by atoms with Crippen LogP contribution in [0.25, 0.3) is 28.2 Å². The summed E-state index contributed by atoms with van der Waals surface area (Å²) in [6.45, 7) is 2.83. The fourth-order valence-corrected chi connectivity index (χ4v) is 4.07. The fourth-order valence-electron chi connectivity index (χ4n) is 4.07. The summed E-state index contributed by atoms with van der Waals surface area (Å²) in [5.74, 6) is 0.638. The predicted molar refractivity (Wildman–Crippen MR) is 149 cm³/mol. The van der Waals surface area contributed by atoms with E-state index >= 15 is 0 Å². The topological polar surface area (TPSA) is 56.1 Å². The van der Waals surface area contributed by atoms with Crippen LogP contribution in [0.3, 0.4) is 0 Å². The van der Waals surface area contributed by atoms with Crippen LogP contribution in [0.5, 0.6) is 5.75 Å². The molecular formula is C32H29N3O2. The Bertz CT molecular complexity index is 1440. The van der Waals surface area contributed by atoms with Crippen molar-refractivity contribution in [2.24, 2.45) is 0 Å². The number of carbonyl (C=O) groups is 1. The highest BCUT2D eigenvalue weighted by molar-refractivity contribution is 6.04. The molecule has 5 nitrogen and oxygen atoms in total.